The van der Waals surface area contributed by atoms with Crippen molar-refractivity contribution in [2.75, 3.05) is 4.90 Å². The number of rotatable bonds is 6. The third-order valence-electron chi connectivity index (χ3n) is 17.6. The fraction of sp³-hybridized carbons (Fsp3) is 0.0400. The van der Waals surface area contributed by atoms with Gasteiger partial charge in [0.2, 0.25) is 0 Å². The lowest BCUT2D eigenvalue weighted by molar-refractivity contribution is 0.633. The Kier molecular flexibility index (Phi) is 9.15. The van der Waals surface area contributed by atoms with E-state index in [1.165, 1.54) is 111 Å². The molecule has 4 aliphatic rings. The molecule has 0 saturated heterocycles. The van der Waals surface area contributed by atoms with Crippen LogP contribution in [0.3, 0.4) is 0 Å². The molecular formula is C75H49N. The summed E-state index contributed by atoms with van der Waals surface area (Å²) >= 11 is 0. The Hall–Kier alpha value is -9.56. The van der Waals surface area contributed by atoms with Gasteiger partial charge in [-0.05, 0) is 142 Å². The fourth-order valence-corrected chi connectivity index (χ4v) is 14.9. The first-order valence-electron chi connectivity index (χ1n) is 26.7. The maximum Gasteiger partial charge on any atom is 0.0720 e. The molecule has 12 aromatic carbocycles. The first-order valence-corrected chi connectivity index (χ1v) is 26.7. The Morgan fingerprint density at radius 3 is 1.07 bits per heavy atom. The zero-order valence-electron chi connectivity index (χ0n) is 41.7. The number of nitrogens with zero attached hydrogens (tertiary/aromatic N) is 1. The highest BCUT2D eigenvalue weighted by molar-refractivity contribution is 5.98. The maximum atomic E-state index is 2.56. The van der Waals surface area contributed by atoms with E-state index in [1.807, 2.05) is 0 Å². The molecule has 76 heavy (non-hydrogen) atoms. The van der Waals surface area contributed by atoms with Crippen molar-refractivity contribution in [3.8, 4) is 44.5 Å². The Bertz CT molecular complexity index is 4150. The second-order valence-electron chi connectivity index (χ2n) is 20.9. The van der Waals surface area contributed by atoms with E-state index in [4.69, 9.17) is 0 Å². The SMILES string of the molecule is c1ccc(N(c2ccc(-c3ccc4c(c3)C3(c5ccccc5-c5ccccc53)c3ccccc3C43c4ccccc4-c4ccccc43)cc2)c2cccc3c2-c2ccccc2C3(c2ccccc2)c2ccccc2)cc1. The zero-order chi connectivity index (χ0) is 50.0. The molecule has 0 fully saturated rings. The lowest BCUT2D eigenvalue weighted by Gasteiger charge is -2.49. The molecule has 0 N–H and O–H groups in total. The Labute approximate surface area is 444 Å². The highest BCUT2D eigenvalue weighted by Crippen LogP contribution is 2.68. The molecule has 1 nitrogen and oxygen atoms in total. The van der Waals surface area contributed by atoms with E-state index in [9.17, 15) is 0 Å². The van der Waals surface area contributed by atoms with Gasteiger partial charge in [-0.2, -0.15) is 0 Å². The molecule has 0 heterocycles. The zero-order valence-corrected chi connectivity index (χ0v) is 41.7. The van der Waals surface area contributed by atoms with Crippen LogP contribution < -0.4 is 4.90 Å². The van der Waals surface area contributed by atoms with Crippen LogP contribution >= 0.6 is 0 Å². The lowest BCUT2D eigenvalue weighted by atomic mass is 9.52. The van der Waals surface area contributed by atoms with Crippen LogP contribution in [0.1, 0.15) is 66.8 Å². The first-order chi connectivity index (χ1) is 37.7. The summed E-state index contributed by atoms with van der Waals surface area (Å²) in [4.78, 5) is 2.47. The minimum atomic E-state index is -0.560. The Morgan fingerprint density at radius 2 is 0.566 bits per heavy atom. The number of benzene rings is 12. The minimum absolute atomic E-state index is 0.511. The second kappa shape index (κ2) is 16.2. The molecule has 16 rings (SSSR count). The van der Waals surface area contributed by atoms with Gasteiger partial charge in [0.15, 0.2) is 0 Å². The lowest BCUT2D eigenvalue weighted by Crippen LogP contribution is -2.43. The van der Waals surface area contributed by atoms with Crippen LogP contribution in [0.15, 0.2) is 297 Å². The van der Waals surface area contributed by atoms with Gasteiger partial charge in [-0.3, -0.25) is 0 Å². The number of hydrogen-bond donors (Lipinski definition) is 0. The molecule has 0 unspecified atom stereocenters. The van der Waals surface area contributed by atoms with Gasteiger partial charge in [-0.1, -0.05) is 261 Å². The molecule has 4 aliphatic carbocycles. The van der Waals surface area contributed by atoms with Crippen LogP contribution in [0, 0.1) is 0 Å². The third-order valence-corrected chi connectivity index (χ3v) is 17.6. The van der Waals surface area contributed by atoms with Crippen molar-refractivity contribution < 1.29 is 0 Å². The van der Waals surface area contributed by atoms with Crippen molar-refractivity contribution >= 4 is 17.1 Å². The topological polar surface area (TPSA) is 3.24 Å². The van der Waals surface area contributed by atoms with E-state index in [-0.39, 0.29) is 0 Å². The van der Waals surface area contributed by atoms with Crippen LogP contribution in [0.2, 0.25) is 0 Å². The average Bonchev–Trinajstić information content (AvgIpc) is 4.29. The molecule has 1 heteroatoms. The van der Waals surface area contributed by atoms with Crippen molar-refractivity contribution in [2.45, 2.75) is 16.2 Å². The summed E-state index contributed by atoms with van der Waals surface area (Å²) < 4.78 is 0. The van der Waals surface area contributed by atoms with Gasteiger partial charge in [0, 0.05) is 16.9 Å². The van der Waals surface area contributed by atoms with Gasteiger partial charge >= 0.3 is 0 Å². The fourth-order valence-electron chi connectivity index (χ4n) is 14.9. The molecule has 0 atom stereocenters. The molecule has 354 valence electrons. The van der Waals surface area contributed by atoms with E-state index in [0.717, 1.165) is 17.1 Å². The van der Waals surface area contributed by atoms with Crippen molar-refractivity contribution in [1.82, 2.24) is 0 Å². The van der Waals surface area contributed by atoms with E-state index in [2.05, 4.69) is 302 Å². The van der Waals surface area contributed by atoms with E-state index in [1.54, 1.807) is 0 Å². The van der Waals surface area contributed by atoms with Crippen LogP contribution in [0.4, 0.5) is 17.1 Å². The third kappa shape index (κ3) is 5.49. The Morgan fingerprint density at radius 1 is 0.211 bits per heavy atom. The number of anilines is 3. The minimum Gasteiger partial charge on any atom is -0.310 e. The maximum absolute atomic E-state index is 2.56. The summed E-state index contributed by atoms with van der Waals surface area (Å²) in [5.74, 6) is 0. The molecule has 12 aromatic rings. The highest BCUT2D eigenvalue weighted by atomic mass is 15.1. The number of fused-ring (bicyclic) bond motifs is 19. The monoisotopic (exact) mass is 963 g/mol. The van der Waals surface area contributed by atoms with Crippen LogP contribution in [-0.2, 0) is 16.2 Å². The average molecular weight is 964 g/mol. The molecule has 0 amide bonds. The highest BCUT2D eigenvalue weighted by Gasteiger charge is 2.59. The van der Waals surface area contributed by atoms with Crippen molar-refractivity contribution in [3.05, 3.63) is 364 Å². The van der Waals surface area contributed by atoms with E-state index >= 15 is 0 Å². The summed E-state index contributed by atoms with van der Waals surface area (Å²) in [5, 5.41) is 0. The van der Waals surface area contributed by atoms with Gasteiger partial charge < -0.3 is 4.90 Å². The second-order valence-corrected chi connectivity index (χ2v) is 20.9. The molecule has 0 aromatic heterocycles. The van der Waals surface area contributed by atoms with Gasteiger partial charge in [0.1, 0.15) is 0 Å². The van der Waals surface area contributed by atoms with Crippen molar-refractivity contribution in [2.24, 2.45) is 0 Å². The molecule has 0 bridgehead atoms. The molecular weight excluding hydrogens is 915 g/mol. The predicted octanol–water partition coefficient (Wildman–Crippen LogP) is 18.2. The Balaban J connectivity index is 0.914. The summed E-state index contributed by atoms with van der Waals surface area (Å²) in [6.07, 6.45) is 0. The molecule has 2 spiro atoms. The van der Waals surface area contributed by atoms with Crippen molar-refractivity contribution in [1.29, 1.82) is 0 Å². The summed E-state index contributed by atoms with van der Waals surface area (Å²) in [7, 11) is 0. The number of hydrogen-bond acceptors (Lipinski definition) is 1. The van der Waals surface area contributed by atoms with Crippen LogP contribution in [0.25, 0.3) is 44.5 Å². The van der Waals surface area contributed by atoms with Crippen LogP contribution in [-0.4, -0.2) is 0 Å². The van der Waals surface area contributed by atoms with Gasteiger partial charge in [0.25, 0.3) is 0 Å². The molecule has 0 aliphatic heterocycles. The quantitative estimate of drug-likeness (QED) is 0.161. The van der Waals surface area contributed by atoms with E-state index < -0.39 is 16.2 Å². The first kappa shape index (κ1) is 42.9. The number of para-hydroxylation sites is 1. The predicted molar refractivity (Wildman–Crippen MR) is 312 cm³/mol. The normalized spacial score (nSPS) is 14.6. The molecule has 0 saturated carbocycles. The van der Waals surface area contributed by atoms with E-state index in [0.29, 0.717) is 0 Å². The molecule has 0 radical (unpaired) electrons. The summed E-state index contributed by atoms with van der Waals surface area (Å²) in [6, 6.07) is 112. The van der Waals surface area contributed by atoms with Gasteiger partial charge in [0.05, 0.1) is 21.9 Å². The standard InChI is InChI=1S/C75H49N/c1-4-23-52(24-5-1)73(53-25-6-2-7-26-53)65-38-19-14-33-60(65)72-69(73)41-22-42-71(72)76(54-27-8-3-9-28-54)55-46-43-50(44-47-55)51-45-48-68-70(49-51)75(63-36-17-12-31-58(63)59-32-13-18-37-64(59)75)67-40-21-20-39-66(67)74(68)61-34-15-10-29-56(61)57-30-11-16-35-62(57)74/h1-49H. The van der Waals surface area contributed by atoms with Crippen LogP contribution in [0.5, 0.6) is 0 Å². The summed E-state index contributed by atoms with van der Waals surface area (Å²) in [6.45, 7) is 0. The smallest absolute Gasteiger partial charge is 0.0720 e. The van der Waals surface area contributed by atoms with Gasteiger partial charge in [-0.25, -0.2) is 0 Å². The largest absolute Gasteiger partial charge is 0.310 e. The van der Waals surface area contributed by atoms with Crippen molar-refractivity contribution in [3.63, 3.8) is 0 Å². The van der Waals surface area contributed by atoms with Gasteiger partial charge in [-0.15, -0.1) is 0 Å². The summed E-state index contributed by atoms with van der Waals surface area (Å²) in [5.41, 5.74) is 27.7.